The molecule has 0 unspecified atom stereocenters. The number of hydrogen-bond acceptors (Lipinski definition) is 6. The van der Waals surface area contributed by atoms with Crippen LogP contribution in [0.15, 0.2) is 52.0 Å². The van der Waals surface area contributed by atoms with Crippen LogP contribution in [0.3, 0.4) is 0 Å². The van der Waals surface area contributed by atoms with E-state index in [1.807, 2.05) is 37.3 Å². The highest BCUT2D eigenvalue weighted by atomic mass is 32.1. The maximum atomic E-state index is 12.6. The predicted octanol–water partition coefficient (Wildman–Crippen LogP) is 2.86. The Morgan fingerprint density at radius 1 is 1.26 bits per heavy atom. The number of hydrogen-bond donors (Lipinski definition) is 0. The van der Waals surface area contributed by atoms with Crippen LogP contribution < -0.4 is 5.56 Å². The summed E-state index contributed by atoms with van der Waals surface area (Å²) in [6.45, 7) is 2.15. The molecule has 0 saturated heterocycles. The summed E-state index contributed by atoms with van der Waals surface area (Å²) in [4.78, 5) is 17.1. The van der Waals surface area contributed by atoms with Gasteiger partial charge in [0, 0.05) is 11.6 Å². The Kier molecular flexibility index (Phi) is 3.27. The highest BCUT2D eigenvalue weighted by Gasteiger charge is 2.14. The summed E-state index contributed by atoms with van der Waals surface area (Å²) in [6, 6.07) is 11.5. The summed E-state index contributed by atoms with van der Waals surface area (Å²) in [5, 5.41) is 3.91. The maximum Gasteiger partial charge on any atom is 0.273 e. The molecule has 7 heteroatoms. The molecule has 0 bridgehead atoms. The molecule has 0 N–H and O–H groups in total. The van der Waals surface area contributed by atoms with Crippen molar-refractivity contribution in [3.63, 3.8) is 0 Å². The smallest absolute Gasteiger partial charge is 0.273 e. The molecule has 3 heterocycles. The van der Waals surface area contributed by atoms with Gasteiger partial charge in [0.2, 0.25) is 0 Å². The fourth-order valence-corrected chi connectivity index (χ4v) is 3.23. The van der Waals surface area contributed by atoms with Gasteiger partial charge in [0.15, 0.2) is 0 Å². The zero-order valence-corrected chi connectivity index (χ0v) is 13.1. The fraction of sp³-hybridized carbons (Fsp3) is 0.125. The number of rotatable bonds is 3. The van der Waals surface area contributed by atoms with Crippen LogP contribution >= 0.6 is 11.5 Å². The summed E-state index contributed by atoms with van der Waals surface area (Å²) < 4.78 is 11.5. The normalized spacial score (nSPS) is 11.2. The lowest BCUT2D eigenvalue weighted by atomic mass is 10.1. The van der Waals surface area contributed by atoms with Crippen LogP contribution in [0.5, 0.6) is 0 Å². The molecule has 23 heavy (non-hydrogen) atoms. The van der Waals surface area contributed by atoms with Crippen LogP contribution in [-0.2, 0) is 6.54 Å². The molecule has 0 amide bonds. The zero-order chi connectivity index (χ0) is 15.8. The molecule has 0 aliphatic heterocycles. The first-order valence-corrected chi connectivity index (χ1v) is 7.82. The van der Waals surface area contributed by atoms with Crippen molar-refractivity contribution < 1.29 is 4.52 Å². The Hall–Kier alpha value is -2.80. The average Bonchev–Trinajstić information content (AvgIpc) is 3.17. The molecule has 4 rings (SSSR count). The highest BCUT2D eigenvalue weighted by Crippen LogP contribution is 2.26. The average molecular weight is 324 g/mol. The van der Waals surface area contributed by atoms with E-state index in [1.165, 1.54) is 22.4 Å². The lowest BCUT2D eigenvalue weighted by Gasteiger charge is -2.02. The first-order chi connectivity index (χ1) is 11.2. The highest BCUT2D eigenvalue weighted by molar-refractivity contribution is 7.13. The molecule has 0 atom stereocenters. The minimum Gasteiger partial charge on any atom is -0.361 e. The zero-order valence-electron chi connectivity index (χ0n) is 12.3. The van der Waals surface area contributed by atoms with E-state index in [0.29, 0.717) is 28.2 Å². The number of fused-ring (bicyclic) bond motifs is 1. The maximum absolute atomic E-state index is 12.6. The lowest BCUT2D eigenvalue weighted by molar-refractivity contribution is 0.388. The SMILES string of the molecule is Cc1cc(Cn2cnc3c(-c4ccccc4)nsc3c2=O)no1. The summed E-state index contributed by atoms with van der Waals surface area (Å²) in [6.07, 6.45) is 1.54. The van der Waals surface area contributed by atoms with Gasteiger partial charge in [-0.15, -0.1) is 0 Å². The van der Waals surface area contributed by atoms with E-state index in [-0.39, 0.29) is 5.56 Å². The molecular weight excluding hydrogens is 312 g/mol. The van der Waals surface area contributed by atoms with Gasteiger partial charge in [-0.05, 0) is 18.5 Å². The van der Waals surface area contributed by atoms with E-state index >= 15 is 0 Å². The van der Waals surface area contributed by atoms with Crippen LogP contribution in [0.1, 0.15) is 11.5 Å². The fourth-order valence-electron chi connectivity index (χ4n) is 2.42. The second-order valence-electron chi connectivity index (χ2n) is 5.18. The number of nitrogens with zero attached hydrogens (tertiary/aromatic N) is 4. The predicted molar refractivity (Wildman–Crippen MR) is 87.5 cm³/mol. The molecule has 4 aromatic rings. The summed E-state index contributed by atoms with van der Waals surface area (Å²) in [7, 11) is 0. The van der Waals surface area contributed by atoms with Crippen LogP contribution in [0.2, 0.25) is 0 Å². The molecule has 0 spiro atoms. The second kappa shape index (κ2) is 5.44. The van der Waals surface area contributed by atoms with Crippen molar-refractivity contribution in [2.75, 3.05) is 0 Å². The molecular formula is C16H12N4O2S. The van der Waals surface area contributed by atoms with E-state index in [2.05, 4.69) is 14.5 Å². The summed E-state index contributed by atoms with van der Waals surface area (Å²) in [5.41, 5.74) is 2.91. The minimum atomic E-state index is -0.115. The van der Waals surface area contributed by atoms with Crippen molar-refractivity contribution in [3.8, 4) is 11.3 Å². The van der Waals surface area contributed by atoms with E-state index in [9.17, 15) is 4.79 Å². The van der Waals surface area contributed by atoms with Crippen molar-refractivity contribution in [2.24, 2.45) is 0 Å². The third kappa shape index (κ3) is 2.44. The Morgan fingerprint density at radius 2 is 2.09 bits per heavy atom. The van der Waals surface area contributed by atoms with Crippen molar-refractivity contribution in [1.82, 2.24) is 19.1 Å². The summed E-state index contributed by atoms with van der Waals surface area (Å²) >= 11 is 1.18. The minimum absolute atomic E-state index is 0.115. The first kappa shape index (κ1) is 13.8. The summed E-state index contributed by atoms with van der Waals surface area (Å²) in [5.74, 6) is 0.714. The standard InChI is InChI=1S/C16H12N4O2S/c1-10-7-12(18-22-10)8-20-9-17-14-13(11-5-3-2-4-6-11)19-23-15(14)16(20)21/h2-7,9H,8H2,1H3. The van der Waals surface area contributed by atoms with Crippen molar-refractivity contribution in [3.05, 3.63) is 64.5 Å². The van der Waals surface area contributed by atoms with E-state index in [0.717, 1.165) is 11.3 Å². The van der Waals surface area contributed by atoms with Gasteiger partial charge in [-0.1, -0.05) is 35.5 Å². The molecule has 1 aromatic carbocycles. The molecule has 114 valence electrons. The first-order valence-electron chi connectivity index (χ1n) is 7.05. The van der Waals surface area contributed by atoms with E-state index < -0.39 is 0 Å². The van der Waals surface area contributed by atoms with Gasteiger partial charge in [-0.25, -0.2) is 4.98 Å². The Morgan fingerprint density at radius 3 is 2.83 bits per heavy atom. The van der Waals surface area contributed by atoms with E-state index in [1.54, 1.807) is 6.07 Å². The monoisotopic (exact) mass is 324 g/mol. The van der Waals surface area contributed by atoms with Crippen molar-refractivity contribution in [2.45, 2.75) is 13.5 Å². The van der Waals surface area contributed by atoms with Gasteiger partial charge < -0.3 is 4.52 Å². The largest absolute Gasteiger partial charge is 0.361 e. The quantitative estimate of drug-likeness (QED) is 0.579. The molecule has 0 saturated carbocycles. The Labute approximate surface area is 135 Å². The van der Waals surface area contributed by atoms with Crippen LogP contribution in [-0.4, -0.2) is 19.1 Å². The number of benzene rings is 1. The molecule has 3 aromatic heterocycles. The van der Waals surface area contributed by atoms with Crippen molar-refractivity contribution >= 4 is 21.7 Å². The van der Waals surface area contributed by atoms with Gasteiger partial charge >= 0.3 is 0 Å². The second-order valence-corrected chi connectivity index (χ2v) is 5.95. The molecule has 0 aliphatic rings. The van der Waals surface area contributed by atoms with Crippen LogP contribution in [0.4, 0.5) is 0 Å². The Balaban J connectivity index is 1.79. The molecule has 0 fully saturated rings. The van der Waals surface area contributed by atoms with Gasteiger partial charge in [0.1, 0.15) is 27.4 Å². The Bertz CT molecular complexity index is 1030. The van der Waals surface area contributed by atoms with Gasteiger partial charge in [-0.3, -0.25) is 9.36 Å². The van der Waals surface area contributed by atoms with Gasteiger partial charge in [0.05, 0.1) is 12.9 Å². The van der Waals surface area contributed by atoms with Crippen molar-refractivity contribution in [1.29, 1.82) is 0 Å². The van der Waals surface area contributed by atoms with Gasteiger partial charge in [0.25, 0.3) is 5.56 Å². The number of aromatic nitrogens is 4. The lowest BCUT2D eigenvalue weighted by Crippen LogP contribution is -2.20. The molecule has 0 aliphatic carbocycles. The van der Waals surface area contributed by atoms with E-state index in [4.69, 9.17) is 4.52 Å². The molecule has 6 nitrogen and oxygen atoms in total. The molecule has 0 radical (unpaired) electrons. The van der Waals surface area contributed by atoms with Crippen LogP contribution in [0, 0.1) is 6.92 Å². The number of aryl methyl sites for hydroxylation is 1. The van der Waals surface area contributed by atoms with Gasteiger partial charge in [-0.2, -0.15) is 4.37 Å². The third-order valence-corrected chi connectivity index (χ3v) is 4.33. The topological polar surface area (TPSA) is 73.8 Å². The third-order valence-electron chi connectivity index (χ3n) is 3.51. The van der Waals surface area contributed by atoms with Crippen LogP contribution in [0.25, 0.3) is 21.5 Å².